The molecule has 3 aromatic carbocycles. The zero-order valence-electron chi connectivity index (χ0n) is 18.8. The molecule has 0 bridgehead atoms. The Morgan fingerprint density at radius 3 is 2.30 bits per heavy atom. The molecule has 1 amide bonds. The summed E-state index contributed by atoms with van der Waals surface area (Å²) < 4.78 is 33.4. The highest BCUT2D eigenvalue weighted by molar-refractivity contribution is 7.89. The Bertz CT molecular complexity index is 1200. The van der Waals surface area contributed by atoms with Crippen LogP contribution < -0.4 is 10.1 Å². The maximum absolute atomic E-state index is 13.4. The van der Waals surface area contributed by atoms with Gasteiger partial charge in [-0.25, -0.2) is 8.42 Å². The molecule has 0 heterocycles. The molecular formula is C25H27ClN2O4S. The van der Waals surface area contributed by atoms with Gasteiger partial charge in [-0.15, -0.1) is 0 Å². The molecule has 1 N–H and O–H groups in total. The highest BCUT2D eigenvalue weighted by Gasteiger charge is 2.27. The van der Waals surface area contributed by atoms with Crippen molar-refractivity contribution in [2.75, 3.05) is 13.7 Å². The third-order valence-corrected chi connectivity index (χ3v) is 7.29. The standard InChI is InChI=1S/C25H27ClN2O4S/c1-18-8-14-22(15-9-18)33(30,31)28(16-20-10-12-21(26)13-11-20)17-25(29)27-19(2)23-6-4-5-7-24(23)32-3/h4-15,19H,16-17H2,1-3H3,(H,27,29)/t19-/m0/s1. The zero-order valence-corrected chi connectivity index (χ0v) is 20.4. The van der Waals surface area contributed by atoms with E-state index in [1.807, 2.05) is 38.1 Å². The van der Waals surface area contributed by atoms with Gasteiger partial charge >= 0.3 is 0 Å². The summed E-state index contributed by atoms with van der Waals surface area (Å²) in [5.41, 5.74) is 2.47. The zero-order chi connectivity index (χ0) is 24.0. The SMILES string of the molecule is COc1ccccc1[C@H](C)NC(=O)CN(Cc1ccc(Cl)cc1)S(=O)(=O)c1ccc(C)cc1. The first-order chi connectivity index (χ1) is 15.7. The third kappa shape index (κ3) is 6.35. The fourth-order valence-electron chi connectivity index (χ4n) is 3.43. The first-order valence-electron chi connectivity index (χ1n) is 10.4. The first-order valence-corrected chi connectivity index (χ1v) is 12.3. The molecule has 3 aromatic rings. The molecule has 33 heavy (non-hydrogen) atoms. The molecule has 8 heteroatoms. The van der Waals surface area contributed by atoms with Crippen LogP contribution in [0.4, 0.5) is 0 Å². The number of nitrogens with zero attached hydrogens (tertiary/aromatic N) is 1. The van der Waals surface area contributed by atoms with Gasteiger partial charge in [-0.3, -0.25) is 4.79 Å². The maximum Gasteiger partial charge on any atom is 0.243 e. The average molecular weight is 487 g/mol. The summed E-state index contributed by atoms with van der Waals surface area (Å²) in [7, 11) is -2.35. The third-order valence-electron chi connectivity index (χ3n) is 5.23. The van der Waals surface area contributed by atoms with Crippen molar-refractivity contribution in [3.8, 4) is 5.75 Å². The van der Waals surface area contributed by atoms with Crippen LogP contribution in [0.2, 0.25) is 5.02 Å². The van der Waals surface area contributed by atoms with E-state index >= 15 is 0 Å². The summed E-state index contributed by atoms with van der Waals surface area (Å²) in [6, 6.07) is 20.4. The lowest BCUT2D eigenvalue weighted by Gasteiger charge is -2.24. The van der Waals surface area contributed by atoms with Crippen LogP contribution in [-0.2, 0) is 21.4 Å². The molecule has 0 aliphatic heterocycles. The van der Waals surface area contributed by atoms with Crippen LogP contribution in [0.5, 0.6) is 5.75 Å². The summed E-state index contributed by atoms with van der Waals surface area (Å²) in [5.74, 6) is 0.230. The Morgan fingerprint density at radius 1 is 1.03 bits per heavy atom. The van der Waals surface area contributed by atoms with E-state index in [4.69, 9.17) is 16.3 Å². The van der Waals surface area contributed by atoms with Crippen molar-refractivity contribution in [2.45, 2.75) is 31.3 Å². The van der Waals surface area contributed by atoms with Crippen LogP contribution in [0.25, 0.3) is 0 Å². The molecule has 1 atom stereocenters. The largest absolute Gasteiger partial charge is 0.496 e. The Balaban J connectivity index is 1.84. The second-order valence-corrected chi connectivity index (χ2v) is 10.1. The van der Waals surface area contributed by atoms with Crippen LogP contribution in [0.15, 0.2) is 77.7 Å². The minimum atomic E-state index is -3.92. The number of halogens is 1. The van der Waals surface area contributed by atoms with E-state index in [1.165, 1.54) is 4.31 Å². The van der Waals surface area contributed by atoms with Crippen molar-refractivity contribution >= 4 is 27.5 Å². The van der Waals surface area contributed by atoms with Crippen LogP contribution >= 0.6 is 11.6 Å². The molecule has 0 radical (unpaired) electrons. The van der Waals surface area contributed by atoms with Gasteiger partial charge in [-0.2, -0.15) is 4.31 Å². The van der Waals surface area contributed by atoms with E-state index < -0.39 is 15.9 Å². The van der Waals surface area contributed by atoms with Crippen LogP contribution in [0.1, 0.15) is 29.7 Å². The van der Waals surface area contributed by atoms with Crippen molar-refractivity contribution in [1.29, 1.82) is 0 Å². The summed E-state index contributed by atoms with van der Waals surface area (Å²) in [6.45, 7) is 3.41. The van der Waals surface area contributed by atoms with E-state index in [0.717, 1.165) is 16.7 Å². The summed E-state index contributed by atoms with van der Waals surface area (Å²) in [4.78, 5) is 13.1. The topological polar surface area (TPSA) is 75.7 Å². The van der Waals surface area contributed by atoms with Gasteiger partial charge in [0.15, 0.2) is 0 Å². The number of rotatable bonds is 9. The van der Waals surface area contributed by atoms with Gasteiger partial charge in [0.25, 0.3) is 0 Å². The highest BCUT2D eigenvalue weighted by Crippen LogP contribution is 2.25. The number of para-hydroxylation sites is 1. The van der Waals surface area contributed by atoms with Crippen LogP contribution in [0, 0.1) is 6.92 Å². The number of benzene rings is 3. The fourth-order valence-corrected chi connectivity index (χ4v) is 4.94. The number of carbonyl (C=O) groups is 1. The highest BCUT2D eigenvalue weighted by atomic mass is 35.5. The minimum absolute atomic E-state index is 0.0316. The van der Waals surface area contributed by atoms with Crippen molar-refractivity contribution in [3.05, 3.63) is 94.5 Å². The van der Waals surface area contributed by atoms with E-state index in [0.29, 0.717) is 10.8 Å². The minimum Gasteiger partial charge on any atom is -0.496 e. The van der Waals surface area contributed by atoms with Crippen molar-refractivity contribution < 1.29 is 17.9 Å². The second-order valence-electron chi connectivity index (χ2n) is 7.74. The molecule has 0 saturated carbocycles. The van der Waals surface area contributed by atoms with E-state index in [1.54, 1.807) is 55.6 Å². The number of methoxy groups -OCH3 is 1. The molecule has 0 aliphatic carbocycles. The number of hydrogen-bond donors (Lipinski definition) is 1. The van der Waals surface area contributed by atoms with Gasteiger partial charge < -0.3 is 10.1 Å². The number of aryl methyl sites for hydroxylation is 1. The quantitative estimate of drug-likeness (QED) is 0.474. The molecule has 0 saturated heterocycles. The van der Waals surface area contributed by atoms with Crippen LogP contribution in [0.3, 0.4) is 0 Å². The molecule has 0 unspecified atom stereocenters. The van der Waals surface area contributed by atoms with Gasteiger partial charge in [0.1, 0.15) is 5.75 Å². The van der Waals surface area contributed by atoms with E-state index in [-0.39, 0.29) is 24.0 Å². The smallest absolute Gasteiger partial charge is 0.243 e. The van der Waals surface area contributed by atoms with Crippen LogP contribution in [-0.4, -0.2) is 32.3 Å². The number of hydrogen-bond acceptors (Lipinski definition) is 4. The van der Waals surface area contributed by atoms with Gasteiger partial charge in [0, 0.05) is 17.1 Å². The second kappa shape index (κ2) is 10.8. The average Bonchev–Trinajstić information content (AvgIpc) is 2.80. The Hall–Kier alpha value is -2.87. The van der Waals surface area contributed by atoms with E-state index in [2.05, 4.69) is 5.32 Å². The molecule has 0 aromatic heterocycles. The number of nitrogens with one attached hydrogen (secondary N) is 1. The monoisotopic (exact) mass is 486 g/mol. The number of carbonyl (C=O) groups excluding carboxylic acids is 1. The fraction of sp³-hybridized carbons (Fsp3) is 0.240. The normalized spacial score (nSPS) is 12.4. The summed E-state index contributed by atoms with van der Waals surface area (Å²) >= 11 is 5.97. The van der Waals surface area contributed by atoms with Crippen molar-refractivity contribution in [2.24, 2.45) is 0 Å². The summed E-state index contributed by atoms with van der Waals surface area (Å²) in [5, 5.41) is 3.43. The number of sulfonamides is 1. The Kier molecular flexibility index (Phi) is 8.13. The molecule has 6 nitrogen and oxygen atoms in total. The number of ether oxygens (including phenoxy) is 1. The Morgan fingerprint density at radius 2 is 1.67 bits per heavy atom. The maximum atomic E-state index is 13.4. The predicted molar refractivity (Wildman–Crippen MR) is 130 cm³/mol. The Labute approximate surface area is 200 Å². The van der Waals surface area contributed by atoms with Crippen molar-refractivity contribution in [1.82, 2.24) is 9.62 Å². The number of amides is 1. The first kappa shape index (κ1) is 24.8. The van der Waals surface area contributed by atoms with Crippen molar-refractivity contribution in [3.63, 3.8) is 0 Å². The lowest BCUT2D eigenvalue weighted by Crippen LogP contribution is -2.41. The van der Waals surface area contributed by atoms with Gasteiger partial charge in [0.05, 0.1) is 24.6 Å². The predicted octanol–water partition coefficient (Wildman–Crippen LogP) is 4.73. The molecule has 174 valence electrons. The lowest BCUT2D eigenvalue weighted by atomic mass is 10.1. The molecule has 3 rings (SSSR count). The summed E-state index contributed by atoms with van der Waals surface area (Å²) in [6.07, 6.45) is 0. The molecule has 0 spiro atoms. The molecular weight excluding hydrogens is 460 g/mol. The lowest BCUT2D eigenvalue weighted by molar-refractivity contribution is -0.122. The van der Waals surface area contributed by atoms with Gasteiger partial charge in [-0.1, -0.05) is 59.6 Å². The van der Waals surface area contributed by atoms with E-state index in [9.17, 15) is 13.2 Å². The molecule has 0 aliphatic rings. The molecule has 0 fully saturated rings. The van der Waals surface area contributed by atoms with Gasteiger partial charge in [-0.05, 0) is 49.7 Å². The van der Waals surface area contributed by atoms with Gasteiger partial charge in [0.2, 0.25) is 15.9 Å².